The van der Waals surface area contributed by atoms with Crippen molar-refractivity contribution in [3.63, 3.8) is 0 Å². The van der Waals surface area contributed by atoms with Crippen LogP contribution in [0.3, 0.4) is 0 Å². The van der Waals surface area contributed by atoms with Gasteiger partial charge in [-0.3, -0.25) is 4.79 Å². The highest BCUT2D eigenvalue weighted by Gasteiger charge is 2.05. The normalized spacial score (nSPS) is 10.1. The van der Waals surface area contributed by atoms with Crippen LogP contribution in [0.2, 0.25) is 0 Å². The minimum atomic E-state index is -0.0208. The lowest BCUT2D eigenvalue weighted by Crippen LogP contribution is -2.14. The number of benzene rings is 2. The fourth-order valence-corrected chi connectivity index (χ4v) is 1.97. The first kappa shape index (κ1) is 15.1. The Kier molecular flexibility index (Phi) is 5.79. The summed E-state index contributed by atoms with van der Waals surface area (Å²) in [6, 6.07) is 17.1. The zero-order valence-electron chi connectivity index (χ0n) is 11.9. The van der Waals surface area contributed by atoms with Gasteiger partial charge in [0.1, 0.15) is 5.75 Å². The van der Waals surface area contributed by atoms with E-state index in [1.165, 1.54) is 0 Å². The molecule has 0 radical (unpaired) electrons. The van der Waals surface area contributed by atoms with E-state index in [0.29, 0.717) is 26.0 Å². The minimum absolute atomic E-state index is 0.0208. The van der Waals surface area contributed by atoms with Gasteiger partial charge in [-0.15, -0.1) is 0 Å². The van der Waals surface area contributed by atoms with Gasteiger partial charge in [0.25, 0.3) is 0 Å². The van der Waals surface area contributed by atoms with Gasteiger partial charge in [-0.1, -0.05) is 36.4 Å². The largest absolute Gasteiger partial charge is 0.494 e. The Bertz CT molecular complexity index is 570. The summed E-state index contributed by atoms with van der Waals surface area (Å²) in [5.41, 5.74) is 7.36. The van der Waals surface area contributed by atoms with Gasteiger partial charge < -0.3 is 15.8 Å². The predicted octanol–water partition coefficient (Wildman–Crippen LogP) is 2.94. The third-order valence-corrected chi connectivity index (χ3v) is 3.07. The number of nitrogens with two attached hydrogens (primary N) is 1. The first-order chi connectivity index (χ1) is 10.3. The highest BCUT2D eigenvalue weighted by Crippen LogP contribution is 2.14. The summed E-state index contributed by atoms with van der Waals surface area (Å²) in [4.78, 5) is 11.9. The molecule has 2 aromatic carbocycles. The molecular weight excluding hydrogens is 264 g/mol. The second-order valence-electron chi connectivity index (χ2n) is 4.67. The molecule has 0 heterocycles. The van der Waals surface area contributed by atoms with Gasteiger partial charge in [0.15, 0.2) is 0 Å². The lowest BCUT2D eigenvalue weighted by atomic mass is 10.1. The molecular formula is C17H20N2O2. The van der Waals surface area contributed by atoms with Gasteiger partial charge in [0, 0.05) is 18.7 Å². The molecule has 3 N–H and O–H groups in total. The Morgan fingerprint density at radius 2 is 1.76 bits per heavy atom. The first-order valence-corrected chi connectivity index (χ1v) is 7.05. The van der Waals surface area contributed by atoms with E-state index in [1.54, 1.807) is 0 Å². The van der Waals surface area contributed by atoms with Gasteiger partial charge in [-0.25, -0.2) is 0 Å². The average Bonchev–Trinajstić information content (AvgIpc) is 2.53. The van der Waals surface area contributed by atoms with E-state index >= 15 is 0 Å². The van der Waals surface area contributed by atoms with Gasteiger partial charge in [-0.2, -0.15) is 0 Å². The zero-order chi connectivity index (χ0) is 14.9. The summed E-state index contributed by atoms with van der Waals surface area (Å²) in [6.45, 7) is 0.934. The summed E-state index contributed by atoms with van der Waals surface area (Å²) in [7, 11) is 0. The van der Waals surface area contributed by atoms with Crippen LogP contribution in [0.15, 0.2) is 54.6 Å². The zero-order valence-corrected chi connectivity index (χ0v) is 11.9. The van der Waals surface area contributed by atoms with Crippen LogP contribution in [0.25, 0.3) is 0 Å². The fraction of sp³-hybridized carbons (Fsp3) is 0.235. The van der Waals surface area contributed by atoms with E-state index < -0.39 is 0 Å². The lowest BCUT2D eigenvalue weighted by Gasteiger charge is -2.10. The molecule has 0 atom stereocenters. The number of ether oxygens (including phenoxy) is 1. The average molecular weight is 284 g/mol. The van der Waals surface area contributed by atoms with Crippen LogP contribution in [-0.2, 0) is 11.3 Å². The van der Waals surface area contributed by atoms with E-state index in [0.717, 1.165) is 17.0 Å². The molecule has 0 saturated carbocycles. The molecule has 4 heteroatoms. The van der Waals surface area contributed by atoms with Gasteiger partial charge >= 0.3 is 0 Å². The Hall–Kier alpha value is -2.33. The van der Waals surface area contributed by atoms with Crippen molar-refractivity contribution < 1.29 is 9.53 Å². The van der Waals surface area contributed by atoms with Crippen molar-refractivity contribution in [3.8, 4) is 5.75 Å². The summed E-state index contributed by atoms with van der Waals surface area (Å²) in [5, 5.41) is 2.89. The first-order valence-electron chi connectivity index (χ1n) is 7.05. The molecule has 0 aromatic heterocycles. The van der Waals surface area contributed by atoms with Crippen LogP contribution in [-0.4, -0.2) is 12.5 Å². The van der Waals surface area contributed by atoms with Crippen molar-refractivity contribution in [2.45, 2.75) is 19.4 Å². The van der Waals surface area contributed by atoms with E-state index in [2.05, 4.69) is 5.32 Å². The minimum Gasteiger partial charge on any atom is -0.494 e. The third-order valence-electron chi connectivity index (χ3n) is 3.07. The number of rotatable bonds is 7. The molecule has 0 spiro atoms. The monoisotopic (exact) mass is 284 g/mol. The van der Waals surface area contributed by atoms with E-state index in [-0.39, 0.29) is 5.91 Å². The molecule has 0 saturated heterocycles. The number of para-hydroxylation sites is 2. The van der Waals surface area contributed by atoms with Crippen molar-refractivity contribution in [2.24, 2.45) is 5.73 Å². The van der Waals surface area contributed by atoms with Crippen molar-refractivity contribution in [3.05, 3.63) is 60.2 Å². The summed E-state index contributed by atoms with van der Waals surface area (Å²) < 4.78 is 5.55. The van der Waals surface area contributed by atoms with Gasteiger partial charge in [0.05, 0.1) is 6.61 Å². The quantitative estimate of drug-likeness (QED) is 0.768. The number of hydrogen-bond donors (Lipinski definition) is 2. The predicted molar refractivity (Wildman–Crippen MR) is 84.1 cm³/mol. The molecule has 1 amide bonds. The Labute approximate surface area is 124 Å². The number of anilines is 1. The molecule has 21 heavy (non-hydrogen) atoms. The van der Waals surface area contributed by atoms with E-state index in [4.69, 9.17) is 10.5 Å². The molecule has 0 bridgehead atoms. The number of carbonyl (C=O) groups is 1. The highest BCUT2D eigenvalue weighted by molar-refractivity contribution is 5.91. The SMILES string of the molecule is NCc1ccccc1NC(=O)CCCOc1ccccc1. The molecule has 0 unspecified atom stereocenters. The number of carbonyl (C=O) groups excluding carboxylic acids is 1. The second-order valence-corrected chi connectivity index (χ2v) is 4.67. The number of nitrogens with one attached hydrogen (secondary N) is 1. The molecule has 110 valence electrons. The van der Waals surface area contributed by atoms with Crippen molar-refractivity contribution in [1.29, 1.82) is 0 Å². The third kappa shape index (κ3) is 4.93. The highest BCUT2D eigenvalue weighted by atomic mass is 16.5. The van der Waals surface area contributed by atoms with E-state index in [1.807, 2.05) is 54.6 Å². The summed E-state index contributed by atoms with van der Waals surface area (Å²) in [5.74, 6) is 0.805. The second kappa shape index (κ2) is 8.07. The molecule has 0 aliphatic carbocycles. The number of hydrogen-bond acceptors (Lipinski definition) is 3. The molecule has 2 aromatic rings. The Balaban J connectivity index is 1.72. The lowest BCUT2D eigenvalue weighted by molar-refractivity contribution is -0.116. The maximum atomic E-state index is 11.9. The smallest absolute Gasteiger partial charge is 0.224 e. The molecule has 0 fully saturated rings. The number of amides is 1. The Morgan fingerprint density at radius 1 is 1.05 bits per heavy atom. The van der Waals surface area contributed by atoms with Crippen LogP contribution in [0.4, 0.5) is 5.69 Å². The van der Waals surface area contributed by atoms with Crippen LogP contribution < -0.4 is 15.8 Å². The van der Waals surface area contributed by atoms with Crippen LogP contribution in [0.1, 0.15) is 18.4 Å². The maximum Gasteiger partial charge on any atom is 0.224 e. The van der Waals surface area contributed by atoms with Gasteiger partial charge in [0.2, 0.25) is 5.91 Å². The van der Waals surface area contributed by atoms with Crippen molar-refractivity contribution in [1.82, 2.24) is 0 Å². The molecule has 2 rings (SSSR count). The van der Waals surface area contributed by atoms with Gasteiger partial charge in [-0.05, 0) is 30.2 Å². The summed E-state index contributed by atoms with van der Waals surface area (Å²) >= 11 is 0. The van der Waals surface area contributed by atoms with Crippen LogP contribution >= 0.6 is 0 Å². The fourth-order valence-electron chi connectivity index (χ4n) is 1.97. The Morgan fingerprint density at radius 3 is 2.52 bits per heavy atom. The maximum absolute atomic E-state index is 11.9. The van der Waals surface area contributed by atoms with E-state index in [9.17, 15) is 4.79 Å². The van der Waals surface area contributed by atoms with Crippen molar-refractivity contribution in [2.75, 3.05) is 11.9 Å². The van der Waals surface area contributed by atoms with Crippen molar-refractivity contribution >= 4 is 11.6 Å². The summed E-state index contributed by atoms with van der Waals surface area (Å²) in [6.07, 6.45) is 1.09. The van der Waals surface area contributed by atoms with Crippen LogP contribution in [0, 0.1) is 0 Å². The molecule has 0 aliphatic heterocycles. The molecule has 0 aliphatic rings. The standard InChI is InChI=1S/C17H20N2O2/c18-13-14-7-4-5-10-16(14)19-17(20)11-6-12-21-15-8-2-1-3-9-15/h1-5,7-10H,6,11-13,18H2,(H,19,20). The van der Waals surface area contributed by atoms with Crippen LogP contribution in [0.5, 0.6) is 5.75 Å². The molecule has 4 nitrogen and oxygen atoms in total. The topological polar surface area (TPSA) is 64.3 Å².